The van der Waals surface area contributed by atoms with E-state index in [0.717, 1.165) is 49.8 Å². The smallest absolute Gasteiger partial charge is 0.123 e. The Kier molecular flexibility index (Phi) is 4.57. The minimum Gasteiger partial charge on any atom is -0.491 e. The molecule has 4 heteroatoms. The van der Waals surface area contributed by atoms with Crippen molar-refractivity contribution in [2.24, 2.45) is 0 Å². The molecule has 4 aliphatic rings. The molecule has 1 saturated carbocycles. The molecule has 3 aliphatic heterocycles. The van der Waals surface area contributed by atoms with Crippen molar-refractivity contribution in [3.8, 4) is 11.5 Å². The predicted molar refractivity (Wildman–Crippen MR) is 101 cm³/mol. The molecular weight excluding hydrogens is 326 g/mol. The molecule has 1 atom stereocenters. The van der Waals surface area contributed by atoms with E-state index in [1.807, 2.05) is 0 Å². The number of aryl methyl sites for hydroxylation is 1. The van der Waals surface area contributed by atoms with Crippen LogP contribution in [0.15, 0.2) is 18.2 Å². The molecule has 1 spiro atoms. The van der Waals surface area contributed by atoms with E-state index >= 15 is 0 Å². The van der Waals surface area contributed by atoms with Gasteiger partial charge in [-0.2, -0.15) is 0 Å². The van der Waals surface area contributed by atoms with E-state index in [4.69, 9.17) is 14.2 Å². The van der Waals surface area contributed by atoms with Crippen LogP contribution in [0, 0.1) is 0 Å². The molecule has 0 N–H and O–H groups in total. The van der Waals surface area contributed by atoms with Crippen molar-refractivity contribution in [2.75, 3.05) is 26.3 Å². The lowest BCUT2D eigenvalue weighted by Crippen LogP contribution is -2.53. The Morgan fingerprint density at radius 3 is 2.69 bits per heavy atom. The third-order valence-electron chi connectivity index (χ3n) is 6.97. The molecule has 142 valence electrons. The maximum absolute atomic E-state index is 6.57. The highest BCUT2D eigenvalue weighted by atomic mass is 16.5. The fourth-order valence-electron chi connectivity index (χ4n) is 4.95. The molecule has 5 rings (SSSR count). The molecule has 26 heavy (non-hydrogen) atoms. The monoisotopic (exact) mass is 357 g/mol. The second kappa shape index (κ2) is 7.05. The van der Waals surface area contributed by atoms with Crippen LogP contribution in [0.1, 0.15) is 56.9 Å². The van der Waals surface area contributed by atoms with Crippen LogP contribution in [0.2, 0.25) is 0 Å². The van der Waals surface area contributed by atoms with Gasteiger partial charge in [-0.15, -0.1) is 0 Å². The average molecular weight is 357 g/mol. The fourth-order valence-corrected chi connectivity index (χ4v) is 4.95. The SMILES string of the molecule is c1cc2c(cc1OCC1CCCO1)CCC1(CCN(C3CCC3)CC1)O2. The first-order valence-corrected chi connectivity index (χ1v) is 10.6. The van der Waals surface area contributed by atoms with Crippen LogP contribution < -0.4 is 9.47 Å². The van der Waals surface area contributed by atoms with Crippen molar-refractivity contribution in [1.82, 2.24) is 4.90 Å². The Bertz CT molecular complexity index is 628. The summed E-state index contributed by atoms with van der Waals surface area (Å²) < 4.78 is 18.2. The van der Waals surface area contributed by atoms with Gasteiger partial charge in [0.05, 0.1) is 6.10 Å². The first-order valence-electron chi connectivity index (χ1n) is 10.6. The molecule has 3 fully saturated rings. The lowest BCUT2D eigenvalue weighted by atomic mass is 9.81. The van der Waals surface area contributed by atoms with Crippen LogP contribution in [-0.2, 0) is 11.2 Å². The Morgan fingerprint density at radius 1 is 1.08 bits per heavy atom. The van der Waals surface area contributed by atoms with Gasteiger partial charge in [0.1, 0.15) is 23.7 Å². The van der Waals surface area contributed by atoms with Gasteiger partial charge in [-0.25, -0.2) is 0 Å². The van der Waals surface area contributed by atoms with Crippen molar-refractivity contribution in [2.45, 2.75) is 75.5 Å². The van der Waals surface area contributed by atoms with Crippen LogP contribution in [0.5, 0.6) is 11.5 Å². The van der Waals surface area contributed by atoms with E-state index < -0.39 is 0 Å². The van der Waals surface area contributed by atoms with Gasteiger partial charge in [0, 0.05) is 25.7 Å². The van der Waals surface area contributed by atoms with Gasteiger partial charge in [0.25, 0.3) is 0 Å². The summed E-state index contributed by atoms with van der Waals surface area (Å²) in [4.78, 5) is 2.70. The Hall–Kier alpha value is -1.26. The summed E-state index contributed by atoms with van der Waals surface area (Å²) in [5.74, 6) is 2.04. The Labute approximate surface area is 156 Å². The van der Waals surface area contributed by atoms with Crippen molar-refractivity contribution in [3.63, 3.8) is 0 Å². The highest BCUT2D eigenvalue weighted by molar-refractivity contribution is 5.42. The summed E-state index contributed by atoms with van der Waals surface area (Å²) >= 11 is 0. The fraction of sp³-hybridized carbons (Fsp3) is 0.727. The minimum atomic E-state index is 0.0767. The molecule has 0 radical (unpaired) electrons. The van der Waals surface area contributed by atoms with Gasteiger partial charge in [-0.05, 0) is 75.1 Å². The maximum Gasteiger partial charge on any atom is 0.123 e. The van der Waals surface area contributed by atoms with Gasteiger partial charge in [0.2, 0.25) is 0 Å². The van der Waals surface area contributed by atoms with E-state index in [-0.39, 0.29) is 11.7 Å². The Balaban J connectivity index is 1.19. The van der Waals surface area contributed by atoms with Crippen molar-refractivity contribution in [3.05, 3.63) is 23.8 Å². The van der Waals surface area contributed by atoms with Gasteiger partial charge >= 0.3 is 0 Å². The quantitative estimate of drug-likeness (QED) is 0.816. The number of nitrogens with zero attached hydrogens (tertiary/aromatic N) is 1. The van der Waals surface area contributed by atoms with E-state index in [1.165, 1.54) is 50.8 Å². The summed E-state index contributed by atoms with van der Waals surface area (Å²) in [6.07, 6.45) is 11.4. The molecule has 1 aliphatic carbocycles. The van der Waals surface area contributed by atoms with Gasteiger partial charge in [-0.1, -0.05) is 6.42 Å². The zero-order valence-electron chi connectivity index (χ0n) is 15.8. The van der Waals surface area contributed by atoms with E-state index in [0.29, 0.717) is 6.61 Å². The molecule has 0 aromatic heterocycles. The third-order valence-corrected chi connectivity index (χ3v) is 6.97. The van der Waals surface area contributed by atoms with Crippen LogP contribution in [0.3, 0.4) is 0 Å². The second-order valence-corrected chi connectivity index (χ2v) is 8.62. The van der Waals surface area contributed by atoms with Crippen molar-refractivity contribution < 1.29 is 14.2 Å². The third kappa shape index (κ3) is 3.34. The molecule has 1 unspecified atom stereocenters. The summed E-state index contributed by atoms with van der Waals surface area (Å²) in [6, 6.07) is 7.24. The van der Waals surface area contributed by atoms with Crippen LogP contribution in [0.4, 0.5) is 0 Å². The van der Waals surface area contributed by atoms with Crippen LogP contribution >= 0.6 is 0 Å². The average Bonchev–Trinajstić information content (AvgIpc) is 3.14. The number of hydrogen-bond donors (Lipinski definition) is 0. The van der Waals surface area contributed by atoms with Crippen LogP contribution in [-0.4, -0.2) is 49.0 Å². The predicted octanol–water partition coefficient (Wildman–Crippen LogP) is 3.96. The molecule has 0 bridgehead atoms. The maximum atomic E-state index is 6.57. The number of likely N-dealkylation sites (tertiary alicyclic amines) is 1. The topological polar surface area (TPSA) is 30.9 Å². The van der Waals surface area contributed by atoms with Crippen molar-refractivity contribution in [1.29, 1.82) is 0 Å². The zero-order chi connectivity index (χ0) is 17.4. The lowest BCUT2D eigenvalue weighted by molar-refractivity contribution is -0.0337. The van der Waals surface area contributed by atoms with Crippen molar-refractivity contribution >= 4 is 0 Å². The van der Waals surface area contributed by atoms with E-state index in [2.05, 4.69) is 23.1 Å². The number of ether oxygens (including phenoxy) is 3. The number of hydrogen-bond acceptors (Lipinski definition) is 4. The second-order valence-electron chi connectivity index (χ2n) is 8.62. The molecule has 3 heterocycles. The largest absolute Gasteiger partial charge is 0.491 e. The molecular formula is C22H31NO3. The minimum absolute atomic E-state index is 0.0767. The molecule has 4 nitrogen and oxygen atoms in total. The number of piperidine rings is 1. The van der Waals surface area contributed by atoms with Gasteiger partial charge in [-0.3, -0.25) is 0 Å². The molecule has 0 amide bonds. The highest BCUT2D eigenvalue weighted by Gasteiger charge is 2.41. The highest BCUT2D eigenvalue weighted by Crippen LogP contribution is 2.41. The van der Waals surface area contributed by atoms with Gasteiger partial charge in [0.15, 0.2) is 0 Å². The van der Waals surface area contributed by atoms with E-state index in [9.17, 15) is 0 Å². The number of rotatable bonds is 4. The lowest BCUT2D eigenvalue weighted by Gasteiger charge is -2.48. The summed E-state index contributed by atoms with van der Waals surface area (Å²) in [7, 11) is 0. The van der Waals surface area contributed by atoms with Crippen LogP contribution in [0.25, 0.3) is 0 Å². The first kappa shape index (κ1) is 16.9. The summed E-state index contributed by atoms with van der Waals surface area (Å²) in [6.45, 7) is 3.97. The molecule has 2 saturated heterocycles. The van der Waals surface area contributed by atoms with Gasteiger partial charge < -0.3 is 19.1 Å². The Morgan fingerprint density at radius 2 is 1.96 bits per heavy atom. The first-order chi connectivity index (χ1) is 12.8. The van der Waals surface area contributed by atoms with E-state index in [1.54, 1.807) is 0 Å². The number of fused-ring (bicyclic) bond motifs is 1. The normalized spacial score (nSPS) is 28.4. The molecule has 1 aromatic rings. The molecule has 1 aromatic carbocycles. The summed E-state index contributed by atoms with van der Waals surface area (Å²) in [5.41, 5.74) is 1.38. The standard InChI is InChI=1S/C22H31NO3/c1-3-18(4-1)23-12-10-22(11-13-23)9-8-17-15-19(6-7-21(17)26-22)25-16-20-5-2-14-24-20/h6-7,15,18,20H,1-5,8-14,16H2. The number of benzene rings is 1. The zero-order valence-corrected chi connectivity index (χ0v) is 15.8. The summed E-state index contributed by atoms with van der Waals surface area (Å²) in [5, 5.41) is 0.